The van der Waals surface area contributed by atoms with Gasteiger partial charge in [0.25, 0.3) is 11.5 Å². The van der Waals surface area contributed by atoms with Crippen molar-refractivity contribution < 1.29 is 23.8 Å². The summed E-state index contributed by atoms with van der Waals surface area (Å²) in [6.07, 6.45) is 1.72. The van der Waals surface area contributed by atoms with Crippen LogP contribution in [0.4, 0.5) is 5.69 Å². The van der Waals surface area contributed by atoms with Gasteiger partial charge in [0, 0.05) is 10.2 Å². The van der Waals surface area contributed by atoms with Crippen molar-refractivity contribution in [3.8, 4) is 11.5 Å². The average molecular weight is 683 g/mol. The lowest BCUT2D eigenvalue weighted by molar-refractivity contribution is -0.136. The Morgan fingerprint density at radius 3 is 2.56 bits per heavy atom. The molecule has 5 rings (SSSR count). The molecular formula is C31H25BrClN3O6S. The van der Waals surface area contributed by atoms with E-state index in [9.17, 15) is 14.4 Å². The number of esters is 1. The molecule has 9 nitrogen and oxygen atoms in total. The minimum absolute atomic E-state index is 0.261. The number of hydrogen-bond donors (Lipinski definition) is 1. The molecule has 43 heavy (non-hydrogen) atoms. The quantitative estimate of drug-likeness (QED) is 0.267. The number of carbonyl (C=O) groups is 2. The van der Waals surface area contributed by atoms with Gasteiger partial charge in [-0.1, -0.05) is 59.3 Å². The van der Waals surface area contributed by atoms with Gasteiger partial charge in [0.1, 0.15) is 0 Å². The summed E-state index contributed by atoms with van der Waals surface area (Å²) in [6, 6.07) is 18.8. The van der Waals surface area contributed by atoms with Crippen molar-refractivity contribution in [1.29, 1.82) is 0 Å². The first-order chi connectivity index (χ1) is 20.7. The molecule has 1 N–H and O–H groups in total. The Bertz CT molecular complexity index is 1940. The molecule has 1 amide bonds. The maximum absolute atomic E-state index is 13.7. The number of ether oxygens (including phenoxy) is 3. The monoisotopic (exact) mass is 681 g/mol. The van der Waals surface area contributed by atoms with Crippen molar-refractivity contribution in [3.63, 3.8) is 0 Å². The summed E-state index contributed by atoms with van der Waals surface area (Å²) in [7, 11) is 2.79. The number of allylic oxidation sites excluding steroid dienone is 1. The van der Waals surface area contributed by atoms with Crippen molar-refractivity contribution >= 4 is 62.5 Å². The van der Waals surface area contributed by atoms with Crippen LogP contribution in [0.2, 0.25) is 5.02 Å². The first-order valence-corrected chi connectivity index (χ1v) is 14.9. The maximum atomic E-state index is 13.7. The number of anilines is 1. The predicted octanol–water partition coefficient (Wildman–Crippen LogP) is 4.85. The number of hydrogen-bond acceptors (Lipinski definition) is 8. The van der Waals surface area contributed by atoms with Gasteiger partial charge in [0.05, 0.1) is 41.1 Å². The van der Waals surface area contributed by atoms with E-state index in [4.69, 9.17) is 25.8 Å². The fourth-order valence-electron chi connectivity index (χ4n) is 4.60. The van der Waals surface area contributed by atoms with Gasteiger partial charge >= 0.3 is 5.97 Å². The number of nitrogens with one attached hydrogen (secondary N) is 1. The molecule has 0 saturated heterocycles. The van der Waals surface area contributed by atoms with Crippen LogP contribution in [0.25, 0.3) is 6.08 Å². The van der Waals surface area contributed by atoms with Gasteiger partial charge in [0.15, 0.2) is 22.9 Å². The molecule has 0 fully saturated rings. The molecule has 220 valence electrons. The summed E-state index contributed by atoms with van der Waals surface area (Å²) >= 11 is 10.6. The molecule has 0 radical (unpaired) electrons. The van der Waals surface area contributed by atoms with E-state index in [1.54, 1.807) is 49.4 Å². The SMILES string of the molecule is COC(=O)C1=C(C)N=c2s/c(=C/c3ccc(OCC(=O)Nc4ccc(Br)c(Cl)c4)c(OC)c3)c(=O)n2C1c1ccccc1. The molecule has 0 saturated carbocycles. The highest BCUT2D eigenvalue weighted by Crippen LogP contribution is 2.31. The molecule has 1 unspecified atom stereocenters. The summed E-state index contributed by atoms with van der Waals surface area (Å²) in [5.41, 5.74) is 2.47. The van der Waals surface area contributed by atoms with E-state index in [0.29, 0.717) is 48.4 Å². The summed E-state index contributed by atoms with van der Waals surface area (Å²) in [5.74, 6) is -0.182. The highest BCUT2D eigenvalue weighted by atomic mass is 79.9. The topological polar surface area (TPSA) is 108 Å². The molecule has 1 atom stereocenters. The van der Waals surface area contributed by atoms with Gasteiger partial charge in [-0.25, -0.2) is 9.79 Å². The lowest BCUT2D eigenvalue weighted by Gasteiger charge is -2.24. The van der Waals surface area contributed by atoms with E-state index in [0.717, 1.165) is 10.0 Å². The first kappa shape index (κ1) is 30.3. The molecule has 1 aliphatic rings. The summed E-state index contributed by atoms with van der Waals surface area (Å²) in [6.45, 7) is 1.47. The molecule has 2 heterocycles. The Hall–Kier alpha value is -4.19. The van der Waals surface area contributed by atoms with Crippen molar-refractivity contribution in [1.82, 2.24) is 4.57 Å². The standard InChI is InChI=1S/C31H25BrClN3O6S/c1-17-27(30(39)41-3)28(19-7-5-4-6-8-19)36-29(38)25(43-31(36)34-17)14-18-9-12-23(24(13-18)40-2)42-16-26(37)35-20-10-11-21(32)22(33)15-20/h4-15,28H,16H2,1-3H3,(H,35,37)/b25-14+. The Kier molecular flexibility index (Phi) is 9.14. The zero-order valence-electron chi connectivity index (χ0n) is 23.2. The summed E-state index contributed by atoms with van der Waals surface area (Å²) in [4.78, 5) is 44.0. The van der Waals surface area contributed by atoms with Crippen molar-refractivity contribution in [2.24, 2.45) is 4.99 Å². The van der Waals surface area contributed by atoms with E-state index < -0.39 is 12.0 Å². The minimum atomic E-state index is -0.683. The van der Waals surface area contributed by atoms with Crippen molar-refractivity contribution in [2.45, 2.75) is 13.0 Å². The van der Waals surface area contributed by atoms with E-state index in [2.05, 4.69) is 26.2 Å². The number of halogens is 2. The molecule has 4 aromatic rings. The van der Waals surface area contributed by atoms with Gasteiger partial charge < -0.3 is 19.5 Å². The van der Waals surface area contributed by atoms with Crippen LogP contribution in [0, 0.1) is 0 Å². The smallest absolute Gasteiger partial charge is 0.338 e. The highest BCUT2D eigenvalue weighted by molar-refractivity contribution is 9.10. The third-order valence-electron chi connectivity index (χ3n) is 6.59. The second kappa shape index (κ2) is 13.0. The first-order valence-electron chi connectivity index (χ1n) is 12.9. The van der Waals surface area contributed by atoms with Crippen LogP contribution in [-0.2, 0) is 14.3 Å². The number of rotatable bonds is 8. The van der Waals surface area contributed by atoms with Crippen molar-refractivity contribution in [2.75, 3.05) is 26.1 Å². The largest absolute Gasteiger partial charge is 0.493 e. The molecule has 12 heteroatoms. The van der Waals surface area contributed by atoms with Crippen molar-refractivity contribution in [3.05, 3.63) is 118 Å². The number of methoxy groups -OCH3 is 2. The van der Waals surface area contributed by atoms with Gasteiger partial charge in [-0.3, -0.25) is 14.2 Å². The number of nitrogens with zero attached hydrogens (tertiary/aromatic N) is 2. The van der Waals surface area contributed by atoms with Gasteiger partial charge in [-0.2, -0.15) is 0 Å². The molecular weight excluding hydrogens is 658 g/mol. The molecule has 1 aliphatic heterocycles. The van der Waals surface area contributed by atoms with Crippen LogP contribution >= 0.6 is 38.9 Å². The zero-order chi connectivity index (χ0) is 30.7. The van der Waals surface area contributed by atoms with E-state index in [1.807, 2.05) is 30.3 Å². The van der Waals surface area contributed by atoms with Crippen LogP contribution in [0.15, 0.2) is 92.3 Å². The highest BCUT2D eigenvalue weighted by Gasteiger charge is 2.32. The van der Waals surface area contributed by atoms with Crippen LogP contribution in [0.3, 0.4) is 0 Å². The van der Waals surface area contributed by atoms with E-state index in [-0.39, 0.29) is 18.1 Å². The zero-order valence-corrected chi connectivity index (χ0v) is 26.4. The molecule has 0 spiro atoms. The number of fused-ring (bicyclic) bond motifs is 1. The second-order valence-corrected chi connectivity index (χ2v) is 11.6. The maximum Gasteiger partial charge on any atom is 0.338 e. The Morgan fingerprint density at radius 1 is 1.09 bits per heavy atom. The molecule has 0 bridgehead atoms. The van der Waals surface area contributed by atoms with Crippen LogP contribution < -0.4 is 29.7 Å². The summed E-state index contributed by atoms with van der Waals surface area (Å²) in [5, 5.41) is 3.20. The van der Waals surface area contributed by atoms with Crippen LogP contribution in [0.5, 0.6) is 11.5 Å². The van der Waals surface area contributed by atoms with E-state index in [1.165, 1.54) is 30.1 Å². The molecule has 0 aliphatic carbocycles. The van der Waals surface area contributed by atoms with Crippen LogP contribution in [-0.4, -0.2) is 37.3 Å². The Balaban J connectivity index is 1.43. The third kappa shape index (κ3) is 6.43. The molecule has 3 aromatic carbocycles. The number of benzene rings is 3. The van der Waals surface area contributed by atoms with Gasteiger partial charge in [-0.15, -0.1) is 0 Å². The minimum Gasteiger partial charge on any atom is -0.493 e. The normalized spacial score (nSPS) is 14.5. The Labute approximate surface area is 263 Å². The van der Waals surface area contributed by atoms with Gasteiger partial charge in [-0.05, 0) is 70.4 Å². The number of amides is 1. The third-order valence-corrected chi connectivity index (χ3v) is 8.81. The lowest BCUT2D eigenvalue weighted by Crippen LogP contribution is -2.39. The number of carbonyl (C=O) groups excluding carboxylic acids is 2. The Morgan fingerprint density at radius 2 is 1.86 bits per heavy atom. The predicted molar refractivity (Wildman–Crippen MR) is 168 cm³/mol. The number of aromatic nitrogens is 1. The van der Waals surface area contributed by atoms with Gasteiger partial charge in [0.2, 0.25) is 0 Å². The fraction of sp³-hybridized carbons (Fsp3) is 0.161. The fourth-order valence-corrected chi connectivity index (χ4v) is 6.08. The van der Waals surface area contributed by atoms with E-state index >= 15 is 0 Å². The molecule has 1 aromatic heterocycles. The second-order valence-electron chi connectivity index (χ2n) is 9.36. The lowest BCUT2D eigenvalue weighted by atomic mass is 9.96. The van der Waals surface area contributed by atoms with Crippen LogP contribution in [0.1, 0.15) is 24.1 Å². The number of thiazole rings is 1. The average Bonchev–Trinajstić information content (AvgIpc) is 3.31. The summed E-state index contributed by atoms with van der Waals surface area (Å²) < 4.78 is 18.9.